The molecule has 1 heterocycles. The highest BCUT2D eigenvalue weighted by molar-refractivity contribution is 7.99. The van der Waals surface area contributed by atoms with Crippen LogP contribution in [0.1, 0.15) is 41.5 Å². The van der Waals surface area contributed by atoms with E-state index in [9.17, 15) is 0 Å². The Kier molecular flexibility index (Phi) is 6.39. The van der Waals surface area contributed by atoms with Crippen molar-refractivity contribution in [2.75, 3.05) is 19.8 Å². The van der Waals surface area contributed by atoms with Crippen LogP contribution in [0.2, 0.25) is 0 Å². The average Bonchev–Trinajstić information content (AvgIpc) is 2.65. The molecular weight excluding hydrogens is 334 g/mol. The summed E-state index contributed by atoms with van der Waals surface area (Å²) in [6.07, 6.45) is 4.42. The van der Waals surface area contributed by atoms with Crippen LogP contribution in [0.4, 0.5) is 0 Å². The van der Waals surface area contributed by atoms with Crippen molar-refractivity contribution in [2.45, 2.75) is 37.1 Å². The number of hydrogen-bond donors (Lipinski definition) is 0. The first-order valence-corrected chi connectivity index (χ1v) is 10.4. The maximum absolute atomic E-state index is 4.37. The van der Waals surface area contributed by atoms with Gasteiger partial charge in [-0.25, -0.2) is 0 Å². The summed E-state index contributed by atoms with van der Waals surface area (Å²) in [4.78, 5) is 3.65. The number of nitrogens with zero attached hydrogens (tertiary/aromatic N) is 1. The summed E-state index contributed by atoms with van der Waals surface area (Å²) in [6.45, 7) is 9.66. The van der Waals surface area contributed by atoms with E-state index in [0.29, 0.717) is 0 Å². The van der Waals surface area contributed by atoms with Gasteiger partial charge in [0.1, 0.15) is 0 Å². The van der Waals surface area contributed by atoms with E-state index in [1.54, 1.807) is 0 Å². The highest BCUT2D eigenvalue weighted by atomic mass is 32.2. The second-order valence-corrected chi connectivity index (χ2v) is 8.51. The smallest absolute Gasteiger partial charge is 0.0233 e. The van der Waals surface area contributed by atoms with Crippen LogP contribution in [0.3, 0.4) is 0 Å². The molecule has 1 nitrogen and oxygen atoms in total. The highest BCUT2D eigenvalue weighted by Crippen LogP contribution is 2.34. The van der Waals surface area contributed by atoms with E-state index in [-0.39, 0.29) is 0 Å². The normalized spacial score (nSPS) is 13.5. The summed E-state index contributed by atoms with van der Waals surface area (Å²) < 4.78 is 0. The minimum absolute atomic E-state index is 0.943. The molecule has 136 valence electrons. The number of thioether (sulfide) groups is 1. The van der Waals surface area contributed by atoms with Gasteiger partial charge in [-0.15, -0.1) is 11.8 Å². The molecule has 2 aromatic rings. The van der Waals surface area contributed by atoms with Gasteiger partial charge in [-0.3, -0.25) is 0 Å². The Morgan fingerprint density at radius 3 is 2.62 bits per heavy atom. The predicted molar refractivity (Wildman–Crippen MR) is 117 cm³/mol. The Bertz CT molecular complexity index is 804. The molecule has 0 aliphatic carbocycles. The topological polar surface area (TPSA) is 3.24 Å². The molecule has 0 unspecified atom stereocenters. The van der Waals surface area contributed by atoms with Crippen molar-refractivity contribution in [1.29, 1.82) is 0 Å². The zero-order chi connectivity index (χ0) is 18.5. The number of fused-ring (bicyclic) bond motifs is 1. The first kappa shape index (κ1) is 19.0. The molecule has 1 aliphatic rings. The van der Waals surface area contributed by atoms with Crippen molar-refractivity contribution in [3.8, 4) is 0 Å². The predicted octanol–water partition coefficient (Wildman–Crippen LogP) is 6.29. The molecule has 0 radical (unpaired) electrons. The standard InChI is InChI=1S/C24H29NS/c1-18(21-14-13-20-9-7-15-26-24(20)16-21)11-12-19(2)23-10-6-5-8-22(23)17-25(3)4/h5-6,8,10,13-14,16H,1-2,7,9,11-12,15,17H2,3-4H3. The zero-order valence-corrected chi connectivity index (χ0v) is 16.9. The van der Waals surface area contributed by atoms with Crippen molar-refractivity contribution >= 4 is 22.9 Å². The number of allylic oxidation sites excluding steroid dienone is 2. The molecule has 0 atom stereocenters. The third-order valence-corrected chi connectivity index (χ3v) is 6.12. The molecule has 1 aliphatic heterocycles. The lowest BCUT2D eigenvalue weighted by atomic mass is 9.93. The summed E-state index contributed by atoms with van der Waals surface area (Å²) in [7, 11) is 4.21. The summed E-state index contributed by atoms with van der Waals surface area (Å²) in [6, 6.07) is 15.5. The van der Waals surface area contributed by atoms with Gasteiger partial charge < -0.3 is 4.90 Å². The summed E-state index contributed by atoms with van der Waals surface area (Å²) in [5.41, 5.74) is 7.83. The van der Waals surface area contributed by atoms with Gasteiger partial charge >= 0.3 is 0 Å². The fourth-order valence-electron chi connectivity index (χ4n) is 3.48. The van der Waals surface area contributed by atoms with Gasteiger partial charge in [-0.2, -0.15) is 0 Å². The van der Waals surface area contributed by atoms with Crippen LogP contribution in [0.25, 0.3) is 11.1 Å². The molecular formula is C24H29NS. The Morgan fingerprint density at radius 1 is 1.04 bits per heavy atom. The first-order valence-electron chi connectivity index (χ1n) is 9.39. The van der Waals surface area contributed by atoms with Crippen LogP contribution in [-0.2, 0) is 13.0 Å². The molecule has 0 saturated heterocycles. The molecule has 0 amide bonds. The molecule has 0 saturated carbocycles. The lowest BCUT2D eigenvalue weighted by Gasteiger charge is -2.18. The largest absolute Gasteiger partial charge is 0.305 e. The van der Waals surface area contributed by atoms with E-state index in [1.807, 2.05) is 11.8 Å². The molecule has 3 rings (SSSR count). The highest BCUT2D eigenvalue weighted by Gasteiger charge is 2.12. The van der Waals surface area contributed by atoms with Crippen molar-refractivity contribution in [2.24, 2.45) is 0 Å². The second kappa shape index (κ2) is 8.75. The van der Waals surface area contributed by atoms with Crippen LogP contribution >= 0.6 is 11.8 Å². The Hall–Kier alpha value is -1.77. The van der Waals surface area contributed by atoms with Gasteiger partial charge in [0.15, 0.2) is 0 Å². The maximum Gasteiger partial charge on any atom is 0.0233 e. The van der Waals surface area contributed by atoms with Crippen LogP contribution in [0.5, 0.6) is 0 Å². The number of benzene rings is 2. The molecule has 26 heavy (non-hydrogen) atoms. The molecule has 0 fully saturated rings. The summed E-state index contributed by atoms with van der Waals surface area (Å²) in [5, 5.41) is 0. The van der Waals surface area contributed by atoms with E-state index < -0.39 is 0 Å². The number of rotatable bonds is 7. The van der Waals surface area contributed by atoms with Gasteiger partial charge in [0.25, 0.3) is 0 Å². The van der Waals surface area contributed by atoms with Gasteiger partial charge in [0.2, 0.25) is 0 Å². The third kappa shape index (κ3) is 4.69. The van der Waals surface area contributed by atoms with Crippen molar-refractivity contribution in [3.63, 3.8) is 0 Å². The Labute approximate surface area is 162 Å². The molecule has 2 aromatic carbocycles. The van der Waals surface area contributed by atoms with Crippen LogP contribution in [-0.4, -0.2) is 24.7 Å². The molecule has 0 aromatic heterocycles. The van der Waals surface area contributed by atoms with Gasteiger partial charge in [-0.1, -0.05) is 49.6 Å². The van der Waals surface area contributed by atoms with E-state index in [4.69, 9.17) is 0 Å². The zero-order valence-electron chi connectivity index (χ0n) is 16.1. The second-order valence-electron chi connectivity index (χ2n) is 7.38. The lowest BCUT2D eigenvalue weighted by Crippen LogP contribution is -2.12. The van der Waals surface area contributed by atoms with Gasteiger partial charge in [0.05, 0.1) is 0 Å². The average molecular weight is 364 g/mol. The van der Waals surface area contributed by atoms with E-state index in [2.05, 4.69) is 74.6 Å². The minimum Gasteiger partial charge on any atom is -0.305 e. The summed E-state index contributed by atoms with van der Waals surface area (Å²) >= 11 is 1.99. The van der Waals surface area contributed by atoms with Crippen molar-refractivity contribution in [3.05, 3.63) is 77.9 Å². The lowest BCUT2D eigenvalue weighted by molar-refractivity contribution is 0.402. The molecule has 2 heteroatoms. The quantitative estimate of drug-likeness (QED) is 0.568. The van der Waals surface area contributed by atoms with Crippen LogP contribution in [0.15, 0.2) is 60.5 Å². The Balaban J connectivity index is 1.65. The first-order chi connectivity index (χ1) is 12.5. The van der Waals surface area contributed by atoms with E-state index >= 15 is 0 Å². The van der Waals surface area contributed by atoms with Gasteiger partial charge in [-0.05, 0) is 85.0 Å². The van der Waals surface area contributed by atoms with Crippen LogP contribution < -0.4 is 0 Å². The summed E-state index contributed by atoms with van der Waals surface area (Å²) in [5.74, 6) is 1.24. The molecule has 0 spiro atoms. The van der Waals surface area contributed by atoms with E-state index in [0.717, 1.165) is 19.4 Å². The molecule has 0 N–H and O–H groups in total. The van der Waals surface area contributed by atoms with Crippen molar-refractivity contribution < 1.29 is 0 Å². The third-order valence-electron chi connectivity index (χ3n) is 4.94. The number of hydrogen-bond acceptors (Lipinski definition) is 2. The van der Waals surface area contributed by atoms with Crippen molar-refractivity contribution in [1.82, 2.24) is 4.90 Å². The number of aryl methyl sites for hydroxylation is 1. The fourth-order valence-corrected chi connectivity index (χ4v) is 4.56. The fraction of sp³-hybridized carbons (Fsp3) is 0.333. The van der Waals surface area contributed by atoms with E-state index in [1.165, 1.54) is 56.9 Å². The SMILES string of the molecule is C=C(CCC(=C)c1ccccc1CN(C)C)c1ccc2c(c1)SCCC2. The monoisotopic (exact) mass is 363 g/mol. The molecule has 0 bridgehead atoms. The maximum atomic E-state index is 4.37. The minimum atomic E-state index is 0.943. The Morgan fingerprint density at radius 2 is 1.81 bits per heavy atom. The van der Waals surface area contributed by atoms with Gasteiger partial charge in [0, 0.05) is 11.4 Å². The van der Waals surface area contributed by atoms with Crippen LogP contribution in [0, 0.1) is 0 Å².